The van der Waals surface area contributed by atoms with Crippen LogP contribution in [-0.4, -0.2) is 24.6 Å². The standard InChI is InChI=1S/C21H12F4N4O/c22-13-8-18-17(26-10-13)9-19(30)29(18)14-4-1-11(2-5-14)20-27-15-6-3-12(21(23,24)25)7-16(15)28-20/h1-10,30H,(H,27,28). The van der Waals surface area contributed by atoms with Crippen LogP contribution in [0, 0.1) is 5.82 Å². The van der Waals surface area contributed by atoms with Crippen molar-refractivity contribution in [2.24, 2.45) is 0 Å². The summed E-state index contributed by atoms with van der Waals surface area (Å²) in [6.07, 6.45) is -3.36. The molecule has 2 aromatic carbocycles. The zero-order valence-electron chi connectivity index (χ0n) is 15.1. The summed E-state index contributed by atoms with van der Waals surface area (Å²) in [6.45, 7) is 0. The van der Waals surface area contributed by atoms with Crippen molar-refractivity contribution in [3.8, 4) is 23.0 Å². The van der Waals surface area contributed by atoms with Crippen LogP contribution in [0.1, 0.15) is 5.56 Å². The number of pyridine rings is 1. The highest BCUT2D eigenvalue weighted by Gasteiger charge is 2.30. The molecule has 0 bridgehead atoms. The predicted octanol–water partition coefficient (Wildman–Crippen LogP) is 5.43. The summed E-state index contributed by atoms with van der Waals surface area (Å²) in [5, 5.41) is 10.2. The molecule has 150 valence electrons. The van der Waals surface area contributed by atoms with Crippen molar-refractivity contribution in [3.63, 3.8) is 0 Å². The zero-order chi connectivity index (χ0) is 21.0. The summed E-state index contributed by atoms with van der Waals surface area (Å²) in [5.41, 5.74) is 1.99. The topological polar surface area (TPSA) is 66.7 Å². The largest absolute Gasteiger partial charge is 0.494 e. The third kappa shape index (κ3) is 2.95. The number of benzene rings is 2. The Balaban J connectivity index is 1.54. The van der Waals surface area contributed by atoms with Gasteiger partial charge in [-0.15, -0.1) is 0 Å². The number of nitrogens with zero attached hydrogens (tertiary/aromatic N) is 3. The summed E-state index contributed by atoms with van der Waals surface area (Å²) >= 11 is 0. The molecular formula is C21H12F4N4O. The number of aromatic amines is 1. The van der Waals surface area contributed by atoms with Crippen molar-refractivity contribution in [3.05, 3.63) is 72.2 Å². The van der Waals surface area contributed by atoms with Gasteiger partial charge >= 0.3 is 6.18 Å². The minimum atomic E-state index is -4.43. The predicted molar refractivity (Wildman–Crippen MR) is 103 cm³/mol. The van der Waals surface area contributed by atoms with E-state index in [0.717, 1.165) is 18.3 Å². The molecule has 0 aliphatic rings. The van der Waals surface area contributed by atoms with Gasteiger partial charge in [-0.3, -0.25) is 9.55 Å². The number of imidazole rings is 1. The van der Waals surface area contributed by atoms with Gasteiger partial charge < -0.3 is 10.1 Å². The normalized spacial score (nSPS) is 12.1. The first-order valence-electron chi connectivity index (χ1n) is 8.83. The molecule has 2 N–H and O–H groups in total. The summed E-state index contributed by atoms with van der Waals surface area (Å²) in [7, 11) is 0. The Hall–Kier alpha value is -3.88. The highest BCUT2D eigenvalue weighted by molar-refractivity contribution is 5.82. The minimum absolute atomic E-state index is 0.0979. The molecule has 30 heavy (non-hydrogen) atoms. The van der Waals surface area contributed by atoms with Gasteiger partial charge in [0.25, 0.3) is 0 Å². The van der Waals surface area contributed by atoms with Crippen molar-refractivity contribution in [1.82, 2.24) is 19.5 Å². The van der Waals surface area contributed by atoms with Crippen LogP contribution < -0.4 is 0 Å². The first-order chi connectivity index (χ1) is 14.3. The highest BCUT2D eigenvalue weighted by atomic mass is 19.4. The van der Waals surface area contributed by atoms with Crippen molar-refractivity contribution in [2.45, 2.75) is 6.18 Å². The number of alkyl halides is 3. The highest BCUT2D eigenvalue weighted by Crippen LogP contribution is 2.32. The maximum Gasteiger partial charge on any atom is 0.416 e. The first-order valence-corrected chi connectivity index (χ1v) is 8.83. The Bertz CT molecular complexity index is 1400. The maximum atomic E-state index is 13.6. The smallest absolute Gasteiger partial charge is 0.416 e. The van der Waals surface area contributed by atoms with Crippen LogP contribution in [-0.2, 0) is 6.18 Å². The molecule has 0 saturated heterocycles. The van der Waals surface area contributed by atoms with E-state index in [-0.39, 0.29) is 11.4 Å². The van der Waals surface area contributed by atoms with Gasteiger partial charge in [0.05, 0.1) is 33.8 Å². The van der Waals surface area contributed by atoms with Crippen molar-refractivity contribution in [2.75, 3.05) is 0 Å². The second-order valence-electron chi connectivity index (χ2n) is 6.76. The fourth-order valence-corrected chi connectivity index (χ4v) is 3.40. The first kappa shape index (κ1) is 18.2. The van der Waals surface area contributed by atoms with Gasteiger partial charge in [0.15, 0.2) is 5.88 Å². The molecule has 5 aromatic rings. The van der Waals surface area contributed by atoms with Crippen LogP contribution in [0.4, 0.5) is 17.6 Å². The molecule has 5 nitrogen and oxygen atoms in total. The monoisotopic (exact) mass is 412 g/mol. The Morgan fingerprint density at radius 1 is 0.933 bits per heavy atom. The molecule has 0 atom stereocenters. The van der Waals surface area contributed by atoms with E-state index in [1.807, 2.05) is 0 Å². The van der Waals surface area contributed by atoms with E-state index in [0.29, 0.717) is 33.6 Å². The molecule has 3 aromatic heterocycles. The van der Waals surface area contributed by atoms with Gasteiger partial charge in [-0.05, 0) is 42.5 Å². The van der Waals surface area contributed by atoms with E-state index in [2.05, 4.69) is 15.0 Å². The molecule has 9 heteroatoms. The molecule has 0 radical (unpaired) electrons. The lowest BCUT2D eigenvalue weighted by atomic mass is 10.2. The third-order valence-corrected chi connectivity index (χ3v) is 4.81. The van der Waals surface area contributed by atoms with Gasteiger partial charge in [0.1, 0.15) is 11.6 Å². The Kier molecular flexibility index (Phi) is 3.82. The number of nitrogens with one attached hydrogen (secondary N) is 1. The van der Waals surface area contributed by atoms with Crippen LogP contribution >= 0.6 is 0 Å². The quantitative estimate of drug-likeness (QED) is 0.380. The van der Waals surface area contributed by atoms with Gasteiger partial charge in [-0.2, -0.15) is 13.2 Å². The van der Waals surface area contributed by atoms with Gasteiger partial charge in [0, 0.05) is 23.4 Å². The number of fused-ring (bicyclic) bond motifs is 2. The van der Waals surface area contributed by atoms with Crippen LogP contribution in [0.2, 0.25) is 0 Å². The fourth-order valence-electron chi connectivity index (χ4n) is 3.40. The fraction of sp³-hybridized carbons (Fsp3) is 0.0476. The van der Waals surface area contributed by atoms with Crippen molar-refractivity contribution >= 4 is 22.1 Å². The van der Waals surface area contributed by atoms with E-state index in [9.17, 15) is 22.7 Å². The Morgan fingerprint density at radius 3 is 2.43 bits per heavy atom. The lowest BCUT2D eigenvalue weighted by Gasteiger charge is -2.07. The SMILES string of the molecule is Oc1cc2ncc(F)cc2n1-c1ccc(-c2nc3ccc(C(F)(F)F)cc3[nH]2)cc1. The number of H-pyrrole nitrogens is 1. The Morgan fingerprint density at radius 2 is 1.70 bits per heavy atom. The number of aromatic hydroxyl groups is 1. The molecule has 0 aliphatic heterocycles. The molecule has 5 rings (SSSR count). The molecule has 0 amide bonds. The molecule has 3 heterocycles. The van der Waals surface area contributed by atoms with Crippen LogP contribution in [0.25, 0.3) is 39.1 Å². The third-order valence-electron chi connectivity index (χ3n) is 4.81. The molecular weight excluding hydrogens is 400 g/mol. The molecule has 0 fully saturated rings. The van der Waals surface area contributed by atoms with E-state index < -0.39 is 17.6 Å². The maximum absolute atomic E-state index is 13.6. The zero-order valence-corrected chi connectivity index (χ0v) is 15.1. The van der Waals surface area contributed by atoms with Crippen molar-refractivity contribution in [1.29, 1.82) is 0 Å². The number of hydrogen-bond donors (Lipinski definition) is 2. The van der Waals surface area contributed by atoms with Crippen LogP contribution in [0.3, 0.4) is 0 Å². The lowest BCUT2D eigenvalue weighted by molar-refractivity contribution is -0.137. The van der Waals surface area contributed by atoms with Gasteiger partial charge in [-0.25, -0.2) is 9.37 Å². The average molecular weight is 412 g/mol. The average Bonchev–Trinajstić information content (AvgIpc) is 3.27. The van der Waals surface area contributed by atoms with E-state index in [1.165, 1.54) is 22.8 Å². The number of halogens is 4. The number of aromatic nitrogens is 4. The lowest BCUT2D eigenvalue weighted by Crippen LogP contribution is -2.04. The van der Waals surface area contributed by atoms with E-state index in [4.69, 9.17) is 0 Å². The molecule has 0 spiro atoms. The number of hydrogen-bond acceptors (Lipinski definition) is 3. The Labute approximate surface area is 166 Å². The van der Waals surface area contributed by atoms with Crippen molar-refractivity contribution < 1.29 is 22.7 Å². The second kappa shape index (κ2) is 6.31. The summed E-state index contributed by atoms with van der Waals surface area (Å²) in [6, 6.07) is 12.8. The van der Waals surface area contributed by atoms with E-state index in [1.54, 1.807) is 24.3 Å². The molecule has 0 unspecified atom stereocenters. The minimum Gasteiger partial charge on any atom is -0.494 e. The summed E-state index contributed by atoms with van der Waals surface area (Å²) < 4.78 is 53.8. The molecule has 0 aliphatic carbocycles. The van der Waals surface area contributed by atoms with Crippen LogP contribution in [0.5, 0.6) is 5.88 Å². The van der Waals surface area contributed by atoms with Gasteiger partial charge in [-0.1, -0.05) is 0 Å². The summed E-state index contributed by atoms with van der Waals surface area (Å²) in [4.78, 5) is 11.2. The van der Waals surface area contributed by atoms with Gasteiger partial charge in [0.2, 0.25) is 0 Å². The van der Waals surface area contributed by atoms with Crippen LogP contribution in [0.15, 0.2) is 60.8 Å². The van der Waals surface area contributed by atoms with E-state index >= 15 is 0 Å². The second-order valence-corrected chi connectivity index (χ2v) is 6.76. The number of rotatable bonds is 2. The summed E-state index contributed by atoms with van der Waals surface area (Å²) in [5.74, 6) is -0.219. The molecule has 0 saturated carbocycles.